The molecule has 2 saturated heterocycles. The highest BCUT2D eigenvalue weighted by Gasteiger charge is 2.41. The fraction of sp³-hybridized carbons (Fsp3) is 0.727. The first kappa shape index (κ1) is 13.6. The molecule has 4 N–H and O–H groups in total. The lowest BCUT2D eigenvalue weighted by Crippen LogP contribution is -2.51. The molecule has 0 aromatic rings. The molecule has 2 heterocycles. The zero-order valence-electron chi connectivity index (χ0n) is 10.2. The van der Waals surface area contributed by atoms with Crippen LogP contribution in [0.1, 0.15) is 25.7 Å². The lowest BCUT2D eigenvalue weighted by atomic mass is 9.96. The Bertz CT molecular complexity index is 399. The van der Waals surface area contributed by atoms with E-state index in [4.69, 9.17) is 14.9 Å². The molecule has 4 atom stereocenters. The average Bonchev–Trinajstić information content (AvgIpc) is 2.89. The Morgan fingerprint density at radius 2 is 2.00 bits per heavy atom. The van der Waals surface area contributed by atoms with Crippen molar-refractivity contribution >= 4 is 18.0 Å². The van der Waals surface area contributed by atoms with Gasteiger partial charge in [-0.1, -0.05) is 0 Å². The van der Waals surface area contributed by atoms with Crippen molar-refractivity contribution in [2.75, 3.05) is 0 Å². The molecule has 2 aliphatic rings. The Morgan fingerprint density at radius 3 is 2.47 bits per heavy atom. The van der Waals surface area contributed by atoms with Crippen LogP contribution >= 0.6 is 0 Å². The molecule has 8 nitrogen and oxygen atoms in total. The van der Waals surface area contributed by atoms with Crippen LogP contribution in [0.5, 0.6) is 0 Å². The molecule has 0 aromatic heterocycles. The Morgan fingerprint density at radius 1 is 1.26 bits per heavy atom. The van der Waals surface area contributed by atoms with Crippen molar-refractivity contribution in [3.63, 3.8) is 0 Å². The number of amides is 2. The van der Waals surface area contributed by atoms with Gasteiger partial charge < -0.3 is 25.6 Å². The first-order chi connectivity index (χ1) is 8.95. The van der Waals surface area contributed by atoms with Crippen LogP contribution < -0.4 is 10.6 Å². The van der Waals surface area contributed by atoms with Gasteiger partial charge in [0.05, 0.1) is 24.7 Å². The number of rotatable bonds is 5. The molecular formula is C11H16N2O6. The number of urea groups is 1. The van der Waals surface area contributed by atoms with Crippen LogP contribution in [-0.4, -0.2) is 52.5 Å². The van der Waals surface area contributed by atoms with Crippen LogP contribution in [0.2, 0.25) is 0 Å². The number of carbonyl (C=O) groups excluding carboxylic acids is 1. The van der Waals surface area contributed by atoms with Gasteiger partial charge in [-0.25, -0.2) is 9.59 Å². The fourth-order valence-corrected chi connectivity index (χ4v) is 2.53. The standard InChI is InChI=1S/C11H16N2O6/c14-9(15)4-7(10(16)17)13-11(18)12-6-3-5-1-2-8(6)19-5/h5-8H,1-4H2,(H,14,15)(H,16,17)(H2,12,13,18)/t5?,6?,7-,8?/m0/s1. The van der Waals surface area contributed by atoms with Crippen molar-refractivity contribution in [2.45, 2.75) is 50.0 Å². The molecule has 3 unspecified atom stereocenters. The molecule has 8 heteroatoms. The summed E-state index contributed by atoms with van der Waals surface area (Å²) >= 11 is 0. The Balaban J connectivity index is 1.82. The zero-order chi connectivity index (χ0) is 14.0. The summed E-state index contributed by atoms with van der Waals surface area (Å²) in [7, 11) is 0. The summed E-state index contributed by atoms with van der Waals surface area (Å²) in [6.45, 7) is 0. The number of fused-ring (bicyclic) bond motifs is 2. The predicted octanol–water partition coefficient (Wildman–Crippen LogP) is -0.467. The van der Waals surface area contributed by atoms with E-state index in [0.29, 0.717) is 0 Å². The van der Waals surface area contributed by atoms with Crippen molar-refractivity contribution < 1.29 is 29.3 Å². The molecular weight excluding hydrogens is 256 g/mol. The topological polar surface area (TPSA) is 125 Å². The molecule has 2 bridgehead atoms. The van der Waals surface area contributed by atoms with Gasteiger partial charge in [0.1, 0.15) is 6.04 Å². The van der Waals surface area contributed by atoms with Crippen LogP contribution in [0.15, 0.2) is 0 Å². The van der Waals surface area contributed by atoms with E-state index in [1.165, 1.54) is 0 Å². The number of carboxylic acid groups (broad SMARTS) is 2. The molecule has 19 heavy (non-hydrogen) atoms. The molecule has 0 radical (unpaired) electrons. The van der Waals surface area contributed by atoms with Gasteiger partial charge >= 0.3 is 18.0 Å². The number of aliphatic carboxylic acids is 2. The fourth-order valence-electron chi connectivity index (χ4n) is 2.53. The van der Waals surface area contributed by atoms with Crippen LogP contribution in [0.4, 0.5) is 4.79 Å². The van der Waals surface area contributed by atoms with Crippen LogP contribution in [0.25, 0.3) is 0 Å². The van der Waals surface area contributed by atoms with E-state index in [0.717, 1.165) is 19.3 Å². The average molecular weight is 272 g/mol. The maximum atomic E-state index is 11.6. The lowest BCUT2D eigenvalue weighted by molar-refractivity contribution is -0.145. The van der Waals surface area contributed by atoms with Gasteiger partial charge in [-0.2, -0.15) is 0 Å². The normalized spacial score (nSPS) is 29.8. The molecule has 106 valence electrons. The van der Waals surface area contributed by atoms with Gasteiger partial charge in [-0.3, -0.25) is 4.79 Å². The molecule has 2 rings (SSSR count). The van der Waals surface area contributed by atoms with E-state index in [1.54, 1.807) is 0 Å². The largest absolute Gasteiger partial charge is 0.481 e. The molecule has 2 fully saturated rings. The van der Waals surface area contributed by atoms with Gasteiger partial charge in [0.2, 0.25) is 0 Å². The van der Waals surface area contributed by atoms with Crippen molar-refractivity contribution in [3.05, 3.63) is 0 Å². The zero-order valence-corrected chi connectivity index (χ0v) is 10.2. The second-order valence-electron chi connectivity index (χ2n) is 4.82. The molecule has 2 aliphatic heterocycles. The smallest absolute Gasteiger partial charge is 0.326 e. The number of carbonyl (C=O) groups is 3. The first-order valence-electron chi connectivity index (χ1n) is 6.13. The van der Waals surface area contributed by atoms with Crippen LogP contribution in [-0.2, 0) is 14.3 Å². The number of carboxylic acids is 2. The predicted molar refractivity (Wildman–Crippen MR) is 61.6 cm³/mol. The number of nitrogens with one attached hydrogen (secondary N) is 2. The maximum absolute atomic E-state index is 11.6. The summed E-state index contributed by atoms with van der Waals surface area (Å²) in [6, 6.07) is -2.23. The lowest BCUT2D eigenvalue weighted by Gasteiger charge is -2.21. The van der Waals surface area contributed by atoms with Gasteiger partial charge in [-0.05, 0) is 19.3 Å². The highest BCUT2D eigenvalue weighted by Crippen LogP contribution is 2.34. The minimum absolute atomic E-state index is 0.0153. The van der Waals surface area contributed by atoms with Crippen LogP contribution in [0.3, 0.4) is 0 Å². The second-order valence-corrected chi connectivity index (χ2v) is 4.82. The van der Waals surface area contributed by atoms with E-state index in [9.17, 15) is 14.4 Å². The molecule has 2 amide bonds. The SMILES string of the molecule is O=C(O)C[C@H](NC(=O)NC1CC2CCC1O2)C(=O)O. The summed E-state index contributed by atoms with van der Waals surface area (Å²) < 4.78 is 5.55. The quantitative estimate of drug-likeness (QED) is 0.536. The monoisotopic (exact) mass is 272 g/mol. The molecule has 0 aromatic carbocycles. The van der Waals surface area contributed by atoms with Gasteiger partial charge in [0.15, 0.2) is 0 Å². The van der Waals surface area contributed by atoms with Crippen LogP contribution in [0, 0.1) is 0 Å². The molecule has 0 spiro atoms. The minimum Gasteiger partial charge on any atom is -0.481 e. The van der Waals surface area contributed by atoms with Gasteiger partial charge in [0, 0.05) is 0 Å². The van der Waals surface area contributed by atoms with E-state index in [2.05, 4.69) is 10.6 Å². The highest BCUT2D eigenvalue weighted by atomic mass is 16.5. The van der Waals surface area contributed by atoms with Crippen molar-refractivity contribution in [1.29, 1.82) is 0 Å². The van der Waals surface area contributed by atoms with Crippen molar-refractivity contribution in [3.8, 4) is 0 Å². The first-order valence-corrected chi connectivity index (χ1v) is 6.13. The Labute approximate surface area is 109 Å². The molecule has 0 saturated carbocycles. The van der Waals surface area contributed by atoms with Gasteiger partial charge in [0.25, 0.3) is 0 Å². The van der Waals surface area contributed by atoms with E-state index in [1.807, 2.05) is 0 Å². The summed E-state index contributed by atoms with van der Waals surface area (Å²) in [5.74, 6) is -2.65. The summed E-state index contributed by atoms with van der Waals surface area (Å²) in [4.78, 5) is 32.9. The molecule has 0 aliphatic carbocycles. The number of hydrogen-bond acceptors (Lipinski definition) is 4. The summed E-state index contributed by atoms with van der Waals surface area (Å²) in [6.07, 6.45) is 2.09. The number of hydrogen-bond donors (Lipinski definition) is 4. The van der Waals surface area contributed by atoms with Crippen molar-refractivity contribution in [1.82, 2.24) is 10.6 Å². The third kappa shape index (κ3) is 3.34. The third-order valence-corrected chi connectivity index (χ3v) is 3.40. The second kappa shape index (κ2) is 5.43. The maximum Gasteiger partial charge on any atom is 0.326 e. The minimum atomic E-state index is -1.43. The Hall–Kier alpha value is -1.83. The van der Waals surface area contributed by atoms with E-state index in [-0.39, 0.29) is 18.2 Å². The summed E-state index contributed by atoms with van der Waals surface area (Å²) in [5, 5.41) is 22.2. The number of ether oxygens (including phenoxy) is 1. The van der Waals surface area contributed by atoms with E-state index >= 15 is 0 Å². The Kier molecular flexibility index (Phi) is 3.89. The van der Waals surface area contributed by atoms with Gasteiger partial charge in [-0.15, -0.1) is 0 Å². The van der Waals surface area contributed by atoms with E-state index < -0.39 is 30.4 Å². The highest BCUT2D eigenvalue weighted by molar-refractivity contribution is 5.86. The summed E-state index contributed by atoms with van der Waals surface area (Å²) in [5.41, 5.74) is 0. The third-order valence-electron chi connectivity index (χ3n) is 3.40. The van der Waals surface area contributed by atoms with Crippen molar-refractivity contribution in [2.24, 2.45) is 0 Å².